The summed E-state index contributed by atoms with van der Waals surface area (Å²) in [4.78, 5) is 23.1. The van der Waals surface area contributed by atoms with Gasteiger partial charge in [-0.15, -0.1) is 0 Å². The van der Waals surface area contributed by atoms with E-state index in [0.717, 1.165) is 12.1 Å². The van der Waals surface area contributed by atoms with Gasteiger partial charge >= 0.3 is 6.18 Å². The van der Waals surface area contributed by atoms with Crippen molar-refractivity contribution in [1.29, 1.82) is 0 Å². The van der Waals surface area contributed by atoms with Gasteiger partial charge in [-0.1, -0.05) is 6.07 Å². The Labute approximate surface area is 154 Å². The summed E-state index contributed by atoms with van der Waals surface area (Å²) in [6.45, 7) is 3.68. The van der Waals surface area contributed by atoms with E-state index < -0.39 is 11.7 Å². The summed E-state index contributed by atoms with van der Waals surface area (Å²) in [5.74, 6) is 0.447. The number of anilines is 2. The van der Waals surface area contributed by atoms with E-state index in [-0.39, 0.29) is 18.6 Å². The summed E-state index contributed by atoms with van der Waals surface area (Å²) < 4.78 is 38.7. The molecule has 146 valence electrons. The lowest BCUT2D eigenvalue weighted by atomic mass is 10.1. The van der Waals surface area contributed by atoms with E-state index in [2.05, 4.69) is 9.97 Å². The molecule has 6 nitrogen and oxygen atoms in total. The molecular formula is C18H21F3N4O2. The van der Waals surface area contributed by atoms with Crippen LogP contribution >= 0.6 is 0 Å². The SMILES string of the molecule is Cc1nc(N2CCN(c3cccc(C(F)(F)F)c3)CC2)[nH]c(=O)c1CCO. The lowest BCUT2D eigenvalue weighted by Crippen LogP contribution is -2.47. The van der Waals surface area contributed by atoms with Gasteiger partial charge in [0.15, 0.2) is 0 Å². The van der Waals surface area contributed by atoms with Gasteiger partial charge in [-0.05, 0) is 25.1 Å². The Hall–Kier alpha value is -2.55. The molecule has 1 saturated heterocycles. The molecule has 0 saturated carbocycles. The number of piperazine rings is 1. The first-order chi connectivity index (χ1) is 12.8. The largest absolute Gasteiger partial charge is 0.416 e. The number of aliphatic hydroxyl groups excluding tert-OH is 1. The number of aliphatic hydroxyl groups is 1. The number of rotatable bonds is 4. The zero-order chi connectivity index (χ0) is 19.6. The standard InChI is InChI=1S/C18H21F3N4O2/c1-12-15(5-10-26)16(27)23-17(22-12)25-8-6-24(7-9-25)14-4-2-3-13(11-14)18(19,20)21/h2-4,11,26H,5-10H2,1H3,(H,22,23,27). The number of halogens is 3. The van der Waals surface area contributed by atoms with Gasteiger partial charge in [-0.25, -0.2) is 4.98 Å². The van der Waals surface area contributed by atoms with Gasteiger partial charge in [0.25, 0.3) is 5.56 Å². The van der Waals surface area contributed by atoms with Gasteiger partial charge in [0, 0.05) is 50.5 Å². The van der Waals surface area contributed by atoms with Gasteiger partial charge in [0.2, 0.25) is 5.95 Å². The molecule has 0 amide bonds. The van der Waals surface area contributed by atoms with Crippen LogP contribution in [0.1, 0.15) is 16.8 Å². The summed E-state index contributed by atoms with van der Waals surface area (Å²) in [6, 6.07) is 5.29. The summed E-state index contributed by atoms with van der Waals surface area (Å²) in [5.41, 5.74) is 0.628. The first-order valence-corrected chi connectivity index (χ1v) is 8.67. The number of alkyl halides is 3. The lowest BCUT2D eigenvalue weighted by Gasteiger charge is -2.36. The minimum atomic E-state index is -4.37. The molecule has 2 N–H and O–H groups in total. The molecule has 0 aliphatic carbocycles. The molecule has 0 radical (unpaired) electrons. The van der Waals surface area contributed by atoms with Crippen LogP contribution in [0.2, 0.25) is 0 Å². The maximum absolute atomic E-state index is 12.9. The summed E-state index contributed by atoms with van der Waals surface area (Å²) >= 11 is 0. The number of hydrogen-bond donors (Lipinski definition) is 2. The second-order valence-electron chi connectivity index (χ2n) is 6.45. The Morgan fingerprint density at radius 1 is 1.19 bits per heavy atom. The molecule has 2 aromatic rings. The molecular weight excluding hydrogens is 361 g/mol. The van der Waals surface area contributed by atoms with Crippen LogP contribution in [0, 0.1) is 6.92 Å². The molecule has 0 bridgehead atoms. The lowest BCUT2D eigenvalue weighted by molar-refractivity contribution is -0.137. The zero-order valence-electron chi connectivity index (χ0n) is 14.9. The van der Waals surface area contributed by atoms with Gasteiger partial charge in [-0.2, -0.15) is 13.2 Å². The summed E-state index contributed by atoms with van der Waals surface area (Å²) in [6.07, 6.45) is -4.12. The molecule has 1 aliphatic rings. The predicted octanol–water partition coefficient (Wildman–Crippen LogP) is 1.96. The van der Waals surface area contributed by atoms with Crippen LogP contribution in [0.5, 0.6) is 0 Å². The van der Waals surface area contributed by atoms with Crippen molar-refractivity contribution in [1.82, 2.24) is 9.97 Å². The number of aromatic amines is 1. The quantitative estimate of drug-likeness (QED) is 0.846. The highest BCUT2D eigenvalue weighted by Crippen LogP contribution is 2.32. The van der Waals surface area contributed by atoms with Crippen LogP contribution in [0.3, 0.4) is 0 Å². The molecule has 27 heavy (non-hydrogen) atoms. The number of aromatic nitrogens is 2. The fourth-order valence-electron chi connectivity index (χ4n) is 3.21. The predicted molar refractivity (Wildman–Crippen MR) is 96.3 cm³/mol. The van der Waals surface area contributed by atoms with E-state index in [4.69, 9.17) is 5.11 Å². The second kappa shape index (κ2) is 7.59. The third kappa shape index (κ3) is 4.24. The normalized spacial score (nSPS) is 15.3. The summed E-state index contributed by atoms with van der Waals surface area (Å²) in [7, 11) is 0. The van der Waals surface area contributed by atoms with Crippen LogP contribution < -0.4 is 15.4 Å². The van der Waals surface area contributed by atoms with Gasteiger partial charge in [0.05, 0.1) is 11.3 Å². The zero-order valence-corrected chi connectivity index (χ0v) is 14.9. The van der Waals surface area contributed by atoms with Crippen LogP contribution in [0.4, 0.5) is 24.8 Å². The highest BCUT2D eigenvalue weighted by Gasteiger charge is 2.31. The highest BCUT2D eigenvalue weighted by molar-refractivity contribution is 5.51. The molecule has 0 atom stereocenters. The average molecular weight is 382 g/mol. The van der Waals surface area contributed by atoms with Gasteiger partial charge in [-0.3, -0.25) is 9.78 Å². The number of hydrogen-bond acceptors (Lipinski definition) is 5. The molecule has 1 aromatic carbocycles. The first-order valence-electron chi connectivity index (χ1n) is 8.67. The maximum atomic E-state index is 12.9. The van der Waals surface area contributed by atoms with Crippen molar-refractivity contribution in [2.24, 2.45) is 0 Å². The average Bonchev–Trinajstić information content (AvgIpc) is 2.64. The van der Waals surface area contributed by atoms with Gasteiger partial charge in [0.1, 0.15) is 0 Å². The van der Waals surface area contributed by atoms with E-state index in [0.29, 0.717) is 49.1 Å². The summed E-state index contributed by atoms with van der Waals surface area (Å²) in [5, 5.41) is 9.03. The fraction of sp³-hybridized carbons (Fsp3) is 0.444. The van der Waals surface area contributed by atoms with Crippen molar-refractivity contribution in [3.8, 4) is 0 Å². The minimum absolute atomic E-state index is 0.124. The number of nitrogens with zero attached hydrogens (tertiary/aromatic N) is 3. The topological polar surface area (TPSA) is 72.5 Å². The molecule has 1 aromatic heterocycles. The molecule has 9 heteroatoms. The van der Waals surface area contributed by atoms with E-state index in [1.54, 1.807) is 13.0 Å². The Kier molecular flexibility index (Phi) is 5.41. The molecule has 0 unspecified atom stereocenters. The second-order valence-corrected chi connectivity index (χ2v) is 6.45. The fourth-order valence-corrected chi connectivity index (χ4v) is 3.21. The van der Waals surface area contributed by atoms with Crippen molar-refractivity contribution in [2.75, 3.05) is 42.6 Å². The molecule has 0 spiro atoms. The molecule has 3 rings (SSSR count). The van der Waals surface area contributed by atoms with E-state index in [9.17, 15) is 18.0 Å². The van der Waals surface area contributed by atoms with Crippen LogP contribution in [-0.4, -0.2) is 47.9 Å². The molecule has 1 fully saturated rings. The highest BCUT2D eigenvalue weighted by atomic mass is 19.4. The van der Waals surface area contributed by atoms with E-state index in [1.807, 2.05) is 9.80 Å². The van der Waals surface area contributed by atoms with Crippen molar-refractivity contribution < 1.29 is 18.3 Å². The van der Waals surface area contributed by atoms with Crippen LogP contribution in [-0.2, 0) is 12.6 Å². The maximum Gasteiger partial charge on any atom is 0.416 e. The van der Waals surface area contributed by atoms with Crippen molar-refractivity contribution >= 4 is 11.6 Å². The Balaban J connectivity index is 1.72. The van der Waals surface area contributed by atoms with Crippen LogP contribution in [0.15, 0.2) is 29.1 Å². The number of aryl methyl sites for hydroxylation is 1. The molecule has 2 heterocycles. The first kappa shape index (κ1) is 19.2. The Morgan fingerprint density at radius 3 is 2.44 bits per heavy atom. The Morgan fingerprint density at radius 2 is 1.85 bits per heavy atom. The smallest absolute Gasteiger partial charge is 0.396 e. The monoisotopic (exact) mass is 382 g/mol. The van der Waals surface area contributed by atoms with E-state index >= 15 is 0 Å². The number of H-pyrrole nitrogens is 1. The third-order valence-corrected chi connectivity index (χ3v) is 4.69. The van der Waals surface area contributed by atoms with Crippen molar-refractivity contribution in [3.05, 3.63) is 51.4 Å². The number of nitrogens with one attached hydrogen (secondary N) is 1. The number of benzene rings is 1. The minimum Gasteiger partial charge on any atom is -0.396 e. The Bertz CT molecular complexity index is 858. The third-order valence-electron chi connectivity index (χ3n) is 4.69. The van der Waals surface area contributed by atoms with Crippen LogP contribution in [0.25, 0.3) is 0 Å². The van der Waals surface area contributed by atoms with Gasteiger partial charge < -0.3 is 14.9 Å². The van der Waals surface area contributed by atoms with Crippen molar-refractivity contribution in [3.63, 3.8) is 0 Å². The van der Waals surface area contributed by atoms with Crippen molar-refractivity contribution in [2.45, 2.75) is 19.5 Å². The molecule has 1 aliphatic heterocycles. The van der Waals surface area contributed by atoms with E-state index in [1.165, 1.54) is 6.07 Å².